The van der Waals surface area contributed by atoms with Crippen LogP contribution in [0.4, 0.5) is 0 Å². The highest BCUT2D eigenvalue weighted by Gasteiger charge is 2.32. The number of aromatic nitrogens is 1. The molecule has 31 heavy (non-hydrogen) atoms. The minimum atomic E-state index is -1.92. The molecule has 3 aromatic rings. The summed E-state index contributed by atoms with van der Waals surface area (Å²) in [6, 6.07) is 18.7. The first-order chi connectivity index (χ1) is 15.2. The fourth-order valence-electron chi connectivity index (χ4n) is 3.44. The van der Waals surface area contributed by atoms with Crippen LogP contribution in [0.1, 0.15) is 0 Å². The monoisotopic (exact) mass is 426 g/mol. The fraction of sp³-hybridized carbons (Fsp3) is 0.120. The third-order valence-corrected chi connectivity index (χ3v) is 6.05. The molecule has 0 saturated heterocycles. The van der Waals surface area contributed by atoms with E-state index >= 15 is 0 Å². The van der Waals surface area contributed by atoms with Crippen molar-refractivity contribution in [2.75, 3.05) is 0 Å². The average molecular weight is 426 g/mol. The van der Waals surface area contributed by atoms with Gasteiger partial charge in [-0.25, -0.2) is 0 Å². The van der Waals surface area contributed by atoms with E-state index in [0.717, 1.165) is 22.4 Å². The second-order valence-electron chi connectivity index (χ2n) is 7.13. The van der Waals surface area contributed by atoms with E-state index < -0.39 is 14.8 Å². The molecule has 5 nitrogen and oxygen atoms in total. The number of benzene rings is 2. The molecule has 2 heterocycles. The van der Waals surface area contributed by atoms with Gasteiger partial charge in [-0.05, 0) is 42.2 Å². The third kappa shape index (κ3) is 5.43. The Bertz CT molecular complexity index is 1140. The molecule has 0 bridgehead atoms. The third-order valence-electron chi connectivity index (χ3n) is 4.86. The number of pyridine rings is 1. The maximum absolute atomic E-state index is 8.63. The second-order valence-corrected chi connectivity index (χ2v) is 8.74. The van der Waals surface area contributed by atoms with Gasteiger partial charge in [0.1, 0.15) is 23.1 Å². The molecule has 2 aromatic carbocycles. The molecule has 2 atom stereocenters. The van der Waals surface area contributed by atoms with Gasteiger partial charge in [-0.2, -0.15) is 0 Å². The molecule has 5 rings (SSSR count). The van der Waals surface area contributed by atoms with Gasteiger partial charge < -0.3 is 12.7 Å². The molecule has 2 aliphatic rings. The van der Waals surface area contributed by atoms with Gasteiger partial charge in [0.05, 0.1) is 5.76 Å². The number of phenolic OH excluding ortho intramolecular Hbond substituents is 1. The van der Waals surface area contributed by atoms with Crippen LogP contribution in [0.2, 0.25) is 5.79 Å². The summed E-state index contributed by atoms with van der Waals surface area (Å²) in [7, 11) is 0. The highest BCUT2D eigenvalue weighted by atomic mass is 27.2. The van der Waals surface area contributed by atoms with Gasteiger partial charge in [-0.1, -0.05) is 54.6 Å². The summed E-state index contributed by atoms with van der Waals surface area (Å²) in [6.07, 6.45) is 13.9. The van der Waals surface area contributed by atoms with E-state index in [4.69, 9.17) is 12.7 Å². The van der Waals surface area contributed by atoms with Crippen molar-refractivity contribution in [1.82, 2.24) is 4.98 Å². The molecule has 1 N–H and O–H groups in total. The van der Waals surface area contributed by atoms with Crippen LogP contribution in [-0.2, 0) is 3.79 Å². The molecule has 1 aliphatic carbocycles. The zero-order valence-corrected chi connectivity index (χ0v) is 18.4. The zero-order valence-electron chi connectivity index (χ0n) is 17.2. The van der Waals surface area contributed by atoms with Gasteiger partial charge in [-0.3, -0.25) is 9.98 Å². The number of dihydropyridines is 1. The molecule has 0 saturated carbocycles. The van der Waals surface area contributed by atoms with Crippen LogP contribution >= 0.6 is 0 Å². The number of para-hydroxylation sites is 2. The van der Waals surface area contributed by atoms with E-state index in [0.29, 0.717) is 5.75 Å². The highest BCUT2D eigenvalue weighted by molar-refractivity contribution is 6.44. The lowest BCUT2D eigenvalue weighted by molar-refractivity contribution is 0.315. The minimum Gasteiger partial charge on any atom is -0.613 e. The van der Waals surface area contributed by atoms with Gasteiger partial charge in [0.2, 0.25) is 0 Å². The van der Waals surface area contributed by atoms with Crippen molar-refractivity contribution < 1.29 is 12.7 Å². The Morgan fingerprint density at radius 1 is 0.903 bits per heavy atom. The number of rotatable bonds is 4. The first-order valence-corrected chi connectivity index (χ1v) is 12.3. The molecule has 1 aliphatic heterocycles. The number of phenols is 1. The van der Waals surface area contributed by atoms with E-state index in [9.17, 15) is 0 Å². The Hall–Kier alpha value is -3.33. The van der Waals surface area contributed by atoms with Crippen LogP contribution in [-0.4, -0.2) is 37.2 Å². The van der Waals surface area contributed by atoms with Gasteiger partial charge >= 0.3 is 14.8 Å². The normalized spacial score (nSPS) is 18.4. The number of nitrogens with zero attached hydrogens (tertiary/aromatic N) is 2. The second kappa shape index (κ2) is 10.1. The lowest BCUT2D eigenvalue weighted by Gasteiger charge is -2.28. The number of hydrogen-bond acceptors (Lipinski definition) is 5. The van der Waals surface area contributed by atoms with E-state index in [2.05, 4.69) is 22.1 Å². The summed E-state index contributed by atoms with van der Waals surface area (Å²) in [5.41, 5.74) is 0.872. The summed E-state index contributed by atoms with van der Waals surface area (Å²) in [6.45, 7) is 0. The number of aliphatic imine (C=N–C) groups is 1. The standard InChI is InChI=1S/C9H9NO.C9H7NO.C6H6O.CH3.Al/c2*11-8-5-1-3-7-4-2-6-10-9(7)8;7-6-4-2-1-3-5-6;;/h1-7,9,11H;1-6,11H;1-5,7H;1H3;/q;;;;+2/p-2. The summed E-state index contributed by atoms with van der Waals surface area (Å²) in [5.74, 6) is 4.29. The van der Waals surface area contributed by atoms with Crippen LogP contribution in [0.5, 0.6) is 11.5 Å². The number of allylic oxidation sites excluding steroid dienone is 3. The lowest BCUT2D eigenvalue weighted by Crippen LogP contribution is -2.30. The maximum Gasteiger partial charge on any atom is 0.853 e. The van der Waals surface area contributed by atoms with E-state index in [-0.39, 0.29) is 12.0 Å². The summed E-state index contributed by atoms with van der Waals surface area (Å²) >= 11 is -1.92. The first kappa shape index (κ1) is 20.9. The molecule has 0 spiro atoms. The topological polar surface area (TPSA) is 63.9 Å². The van der Waals surface area contributed by atoms with Crippen LogP contribution < -0.4 is 3.79 Å². The smallest absolute Gasteiger partial charge is 0.613 e. The molecule has 0 amide bonds. The number of hydrogen-bond donors (Lipinski definition) is 1. The number of aromatic hydroxyl groups is 1. The van der Waals surface area contributed by atoms with Crippen molar-refractivity contribution in [3.8, 4) is 11.5 Å². The first-order valence-electron chi connectivity index (χ1n) is 10.2. The van der Waals surface area contributed by atoms with E-state index in [1.807, 2.05) is 66.6 Å². The van der Waals surface area contributed by atoms with E-state index in [1.165, 1.54) is 0 Å². The SMILES string of the molecule is Oc1ccccc1.[CH3][Al]([O]C1=CC=CC2C=CC=NC12)[O]c1cccc2cccnc12. The van der Waals surface area contributed by atoms with Crippen LogP contribution in [0.15, 0.2) is 108 Å². The van der Waals surface area contributed by atoms with Gasteiger partial charge in [-0.15, -0.1) is 0 Å². The largest absolute Gasteiger partial charge is 0.853 e. The van der Waals surface area contributed by atoms with Gasteiger partial charge in [0, 0.05) is 23.7 Å². The van der Waals surface area contributed by atoms with Crippen molar-refractivity contribution in [1.29, 1.82) is 0 Å². The molecular weight excluding hydrogens is 403 g/mol. The molecular formula is C25H23AlN2O3. The van der Waals surface area contributed by atoms with Crippen LogP contribution in [0.3, 0.4) is 0 Å². The summed E-state index contributed by atoms with van der Waals surface area (Å²) < 4.78 is 12.3. The fourth-order valence-corrected chi connectivity index (χ4v) is 4.63. The molecule has 1 aromatic heterocycles. The zero-order chi connectivity index (χ0) is 21.5. The van der Waals surface area contributed by atoms with Gasteiger partial charge in [0.25, 0.3) is 0 Å². The predicted molar refractivity (Wildman–Crippen MR) is 125 cm³/mol. The van der Waals surface area contributed by atoms with Gasteiger partial charge in [0.15, 0.2) is 0 Å². The van der Waals surface area contributed by atoms with Crippen molar-refractivity contribution in [3.05, 3.63) is 103 Å². The Kier molecular flexibility index (Phi) is 6.83. The molecule has 6 heteroatoms. The average Bonchev–Trinajstić information content (AvgIpc) is 2.81. The molecule has 0 radical (unpaired) electrons. The van der Waals surface area contributed by atoms with E-state index in [1.54, 1.807) is 30.5 Å². The van der Waals surface area contributed by atoms with Crippen molar-refractivity contribution in [2.24, 2.45) is 10.9 Å². The summed E-state index contributed by atoms with van der Waals surface area (Å²) in [5, 5.41) is 9.70. The quantitative estimate of drug-likeness (QED) is 0.581. The Balaban J connectivity index is 0.000000282. The Labute approximate surface area is 186 Å². The summed E-state index contributed by atoms with van der Waals surface area (Å²) in [4.78, 5) is 8.97. The predicted octanol–water partition coefficient (Wildman–Crippen LogP) is 5.22. The van der Waals surface area contributed by atoms with Crippen molar-refractivity contribution in [2.45, 2.75) is 11.8 Å². The Morgan fingerprint density at radius 2 is 1.71 bits per heavy atom. The minimum absolute atomic E-state index is 0.0317. The van der Waals surface area contributed by atoms with Crippen LogP contribution in [0, 0.1) is 5.92 Å². The number of fused-ring (bicyclic) bond motifs is 2. The van der Waals surface area contributed by atoms with Crippen molar-refractivity contribution in [3.63, 3.8) is 0 Å². The Morgan fingerprint density at radius 3 is 2.52 bits per heavy atom. The lowest BCUT2D eigenvalue weighted by atomic mass is 9.92. The maximum atomic E-state index is 8.63. The van der Waals surface area contributed by atoms with Crippen molar-refractivity contribution >= 4 is 31.9 Å². The molecule has 2 unspecified atom stereocenters. The molecule has 154 valence electrons. The molecule has 0 fully saturated rings. The highest BCUT2D eigenvalue weighted by Crippen LogP contribution is 2.28. The van der Waals surface area contributed by atoms with Crippen LogP contribution in [0.25, 0.3) is 10.9 Å².